The van der Waals surface area contributed by atoms with E-state index in [4.69, 9.17) is 0 Å². The van der Waals surface area contributed by atoms with E-state index in [1.807, 2.05) is 20.2 Å². The Hall–Kier alpha value is -2.18. The van der Waals surface area contributed by atoms with Gasteiger partial charge in [-0.3, -0.25) is 4.68 Å². The van der Waals surface area contributed by atoms with E-state index < -0.39 is 0 Å². The Labute approximate surface area is 111 Å². The zero-order valence-corrected chi connectivity index (χ0v) is 11.2. The van der Waals surface area contributed by atoms with Gasteiger partial charge in [0.15, 0.2) is 5.82 Å². The molecule has 19 heavy (non-hydrogen) atoms. The average molecular weight is 259 g/mol. The number of aromatic nitrogens is 5. The van der Waals surface area contributed by atoms with E-state index in [1.165, 1.54) is 12.8 Å². The van der Waals surface area contributed by atoms with Gasteiger partial charge in [-0.1, -0.05) is 0 Å². The SMILES string of the molecule is CNc1nc(-c2ccnn2C)nc(N2CCCC2)n1. The molecule has 0 amide bonds. The normalized spacial score (nSPS) is 14.9. The minimum atomic E-state index is 0.591. The van der Waals surface area contributed by atoms with Crippen molar-refractivity contribution in [1.82, 2.24) is 24.7 Å². The second-order valence-corrected chi connectivity index (χ2v) is 4.57. The van der Waals surface area contributed by atoms with Crippen LogP contribution in [0.25, 0.3) is 11.5 Å². The van der Waals surface area contributed by atoms with Gasteiger partial charge < -0.3 is 10.2 Å². The van der Waals surface area contributed by atoms with E-state index in [0.717, 1.165) is 24.7 Å². The van der Waals surface area contributed by atoms with Crippen molar-refractivity contribution in [3.05, 3.63) is 12.3 Å². The molecule has 0 radical (unpaired) electrons. The molecule has 1 fully saturated rings. The minimum absolute atomic E-state index is 0.591. The molecule has 0 bridgehead atoms. The third-order valence-corrected chi connectivity index (χ3v) is 3.29. The van der Waals surface area contributed by atoms with Crippen LogP contribution in [0.3, 0.4) is 0 Å². The van der Waals surface area contributed by atoms with Gasteiger partial charge in [0, 0.05) is 33.4 Å². The Kier molecular flexibility index (Phi) is 3.02. The molecule has 1 N–H and O–H groups in total. The van der Waals surface area contributed by atoms with Gasteiger partial charge in [-0.15, -0.1) is 0 Å². The molecule has 0 unspecified atom stereocenters. The zero-order valence-electron chi connectivity index (χ0n) is 11.2. The van der Waals surface area contributed by atoms with Crippen molar-refractivity contribution in [1.29, 1.82) is 0 Å². The first-order valence-electron chi connectivity index (χ1n) is 6.45. The lowest BCUT2D eigenvalue weighted by atomic mass is 10.4. The van der Waals surface area contributed by atoms with Gasteiger partial charge in [-0.25, -0.2) is 0 Å². The molecule has 1 aliphatic heterocycles. The van der Waals surface area contributed by atoms with E-state index in [9.17, 15) is 0 Å². The number of anilines is 2. The van der Waals surface area contributed by atoms with E-state index in [0.29, 0.717) is 11.8 Å². The highest BCUT2D eigenvalue weighted by atomic mass is 15.3. The van der Waals surface area contributed by atoms with Crippen molar-refractivity contribution >= 4 is 11.9 Å². The van der Waals surface area contributed by atoms with E-state index in [1.54, 1.807) is 10.9 Å². The summed E-state index contributed by atoms with van der Waals surface area (Å²) in [6, 6.07) is 1.91. The van der Waals surface area contributed by atoms with Crippen molar-refractivity contribution < 1.29 is 0 Å². The van der Waals surface area contributed by atoms with Crippen LogP contribution in [0.5, 0.6) is 0 Å². The van der Waals surface area contributed by atoms with Crippen LogP contribution in [0.1, 0.15) is 12.8 Å². The summed E-state index contributed by atoms with van der Waals surface area (Å²) >= 11 is 0. The van der Waals surface area contributed by atoms with Crippen LogP contribution < -0.4 is 10.2 Å². The molecule has 2 aromatic heterocycles. The molecule has 7 heteroatoms. The standard InChI is InChI=1S/C12H17N7/c1-13-11-15-10(9-5-6-14-18(9)2)16-12(17-11)19-7-3-4-8-19/h5-6H,3-4,7-8H2,1-2H3,(H,13,15,16,17). The van der Waals surface area contributed by atoms with Gasteiger partial charge in [0.05, 0.1) is 0 Å². The fraction of sp³-hybridized carbons (Fsp3) is 0.500. The van der Waals surface area contributed by atoms with Gasteiger partial charge in [0.1, 0.15) is 5.69 Å². The molecule has 100 valence electrons. The summed E-state index contributed by atoms with van der Waals surface area (Å²) in [5, 5.41) is 7.15. The molecule has 0 spiro atoms. The highest BCUT2D eigenvalue weighted by molar-refractivity contribution is 5.54. The Bertz CT molecular complexity index is 571. The maximum Gasteiger partial charge on any atom is 0.230 e. The summed E-state index contributed by atoms with van der Waals surface area (Å²) in [7, 11) is 3.70. The molecular weight excluding hydrogens is 242 g/mol. The summed E-state index contributed by atoms with van der Waals surface area (Å²) in [5.74, 6) is 1.99. The predicted octanol–water partition coefficient (Wildman–Crippen LogP) is 0.914. The predicted molar refractivity (Wildman–Crippen MR) is 73.0 cm³/mol. The van der Waals surface area contributed by atoms with E-state index in [-0.39, 0.29) is 0 Å². The average Bonchev–Trinajstić information content (AvgIpc) is 3.09. The maximum absolute atomic E-state index is 4.57. The number of aryl methyl sites for hydroxylation is 1. The first kappa shape index (κ1) is 11.9. The zero-order chi connectivity index (χ0) is 13.2. The fourth-order valence-electron chi connectivity index (χ4n) is 2.24. The number of hydrogen-bond donors (Lipinski definition) is 1. The summed E-state index contributed by atoms with van der Waals surface area (Å²) in [5.41, 5.74) is 0.888. The molecule has 1 aliphatic rings. The number of rotatable bonds is 3. The summed E-state index contributed by atoms with van der Waals surface area (Å²) in [4.78, 5) is 15.6. The van der Waals surface area contributed by atoms with Crippen molar-refractivity contribution in [3.63, 3.8) is 0 Å². The van der Waals surface area contributed by atoms with Crippen LogP contribution in [-0.2, 0) is 7.05 Å². The van der Waals surface area contributed by atoms with Crippen LogP contribution in [0, 0.1) is 0 Å². The first-order chi connectivity index (χ1) is 9.28. The monoisotopic (exact) mass is 259 g/mol. The minimum Gasteiger partial charge on any atom is -0.357 e. The molecule has 2 aromatic rings. The van der Waals surface area contributed by atoms with Crippen LogP contribution in [0.2, 0.25) is 0 Å². The van der Waals surface area contributed by atoms with Gasteiger partial charge in [-0.2, -0.15) is 20.1 Å². The van der Waals surface area contributed by atoms with Gasteiger partial charge >= 0.3 is 0 Å². The highest BCUT2D eigenvalue weighted by Gasteiger charge is 2.18. The highest BCUT2D eigenvalue weighted by Crippen LogP contribution is 2.21. The van der Waals surface area contributed by atoms with Crippen LogP contribution >= 0.6 is 0 Å². The second-order valence-electron chi connectivity index (χ2n) is 4.57. The third kappa shape index (κ3) is 2.23. The number of hydrogen-bond acceptors (Lipinski definition) is 6. The molecular formula is C12H17N7. The Morgan fingerprint density at radius 3 is 2.58 bits per heavy atom. The summed E-state index contributed by atoms with van der Waals surface area (Å²) in [6.45, 7) is 2.02. The molecule has 0 aliphatic carbocycles. The van der Waals surface area contributed by atoms with Gasteiger partial charge in [0.2, 0.25) is 11.9 Å². The quantitative estimate of drug-likeness (QED) is 0.883. The Morgan fingerprint density at radius 2 is 1.95 bits per heavy atom. The molecule has 3 heterocycles. The van der Waals surface area contributed by atoms with Gasteiger partial charge in [0.25, 0.3) is 0 Å². The molecule has 0 aromatic carbocycles. The Balaban J connectivity index is 2.04. The van der Waals surface area contributed by atoms with Crippen LogP contribution in [0.4, 0.5) is 11.9 Å². The van der Waals surface area contributed by atoms with Crippen LogP contribution in [-0.4, -0.2) is 44.9 Å². The second kappa shape index (κ2) is 4.83. The number of nitrogens with zero attached hydrogens (tertiary/aromatic N) is 6. The van der Waals surface area contributed by atoms with Crippen molar-refractivity contribution in [3.8, 4) is 11.5 Å². The molecule has 7 nitrogen and oxygen atoms in total. The first-order valence-corrected chi connectivity index (χ1v) is 6.45. The third-order valence-electron chi connectivity index (χ3n) is 3.29. The Morgan fingerprint density at radius 1 is 1.16 bits per heavy atom. The summed E-state index contributed by atoms with van der Waals surface area (Å²) in [6.07, 6.45) is 4.14. The van der Waals surface area contributed by atoms with Crippen LogP contribution in [0.15, 0.2) is 12.3 Å². The topological polar surface area (TPSA) is 71.8 Å². The molecule has 3 rings (SSSR count). The molecule has 1 saturated heterocycles. The lowest BCUT2D eigenvalue weighted by molar-refractivity contribution is 0.767. The van der Waals surface area contributed by atoms with Crippen molar-refractivity contribution in [2.24, 2.45) is 7.05 Å². The smallest absolute Gasteiger partial charge is 0.230 e. The van der Waals surface area contributed by atoms with E-state index >= 15 is 0 Å². The molecule has 0 atom stereocenters. The lowest BCUT2D eigenvalue weighted by Gasteiger charge is -2.16. The van der Waals surface area contributed by atoms with Crippen molar-refractivity contribution in [2.75, 3.05) is 30.4 Å². The number of nitrogens with one attached hydrogen (secondary N) is 1. The largest absolute Gasteiger partial charge is 0.357 e. The van der Waals surface area contributed by atoms with E-state index in [2.05, 4.69) is 30.3 Å². The maximum atomic E-state index is 4.57. The molecule has 0 saturated carbocycles. The fourth-order valence-corrected chi connectivity index (χ4v) is 2.24. The summed E-state index contributed by atoms with van der Waals surface area (Å²) < 4.78 is 1.77. The van der Waals surface area contributed by atoms with Gasteiger partial charge in [-0.05, 0) is 18.9 Å². The van der Waals surface area contributed by atoms with Crippen molar-refractivity contribution in [2.45, 2.75) is 12.8 Å². The lowest BCUT2D eigenvalue weighted by Crippen LogP contribution is -2.21.